The molecule has 1 unspecified atom stereocenters. The van der Waals surface area contributed by atoms with E-state index < -0.39 is 0 Å². The third-order valence-electron chi connectivity index (χ3n) is 3.37. The summed E-state index contributed by atoms with van der Waals surface area (Å²) in [6.07, 6.45) is 0. The Morgan fingerprint density at radius 3 is 2.14 bits per heavy atom. The largest absolute Gasteiger partial charge is 0.497 e. The molecule has 0 saturated heterocycles. The Balaban J connectivity index is 2.51. The van der Waals surface area contributed by atoms with Gasteiger partial charge in [-0.25, -0.2) is 5.43 Å². The molecule has 3 N–H and O–H groups in total. The average molecular weight is 288 g/mol. The maximum atomic E-state index is 5.76. The zero-order chi connectivity index (χ0) is 15.2. The molecule has 0 spiro atoms. The summed E-state index contributed by atoms with van der Waals surface area (Å²) < 4.78 is 16.1. The van der Waals surface area contributed by atoms with Crippen molar-refractivity contribution < 1.29 is 14.2 Å². The van der Waals surface area contributed by atoms with Crippen molar-refractivity contribution in [2.75, 3.05) is 21.3 Å². The second-order valence-corrected chi connectivity index (χ2v) is 4.45. The van der Waals surface area contributed by atoms with E-state index in [1.165, 1.54) is 0 Å². The van der Waals surface area contributed by atoms with Gasteiger partial charge in [0.2, 0.25) is 0 Å². The number of methoxy groups -OCH3 is 3. The summed E-state index contributed by atoms with van der Waals surface area (Å²) in [6.45, 7) is 0. The van der Waals surface area contributed by atoms with Crippen LogP contribution in [0.15, 0.2) is 42.5 Å². The topological polar surface area (TPSA) is 65.7 Å². The molecule has 0 heterocycles. The molecule has 5 heteroatoms. The van der Waals surface area contributed by atoms with Crippen molar-refractivity contribution in [3.63, 3.8) is 0 Å². The molecule has 0 bridgehead atoms. The molecule has 1 atom stereocenters. The van der Waals surface area contributed by atoms with Crippen molar-refractivity contribution in [3.8, 4) is 17.2 Å². The van der Waals surface area contributed by atoms with E-state index in [1.54, 1.807) is 21.3 Å². The van der Waals surface area contributed by atoms with Gasteiger partial charge in [-0.15, -0.1) is 0 Å². The Kier molecular flexibility index (Phi) is 5.03. The Morgan fingerprint density at radius 2 is 1.52 bits per heavy atom. The fourth-order valence-electron chi connectivity index (χ4n) is 2.31. The Hall–Kier alpha value is -2.24. The van der Waals surface area contributed by atoms with E-state index in [0.717, 1.165) is 22.6 Å². The maximum absolute atomic E-state index is 5.76. The van der Waals surface area contributed by atoms with Crippen LogP contribution in [0.25, 0.3) is 0 Å². The second kappa shape index (κ2) is 6.97. The van der Waals surface area contributed by atoms with E-state index in [1.807, 2.05) is 42.5 Å². The first-order chi connectivity index (χ1) is 10.2. The predicted octanol–water partition coefficient (Wildman–Crippen LogP) is 2.27. The van der Waals surface area contributed by atoms with Crippen LogP contribution in [-0.4, -0.2) is 21.3 Å². The maximum Gasteiger partial charge on any atom is 0.127 e. The van der Waals surface area contributed by atoms with Crippen LogP contribution in [-0.2, 0) is 0 Å². The molecule has 0 saturated carbocycles. The Bertz CT molecular complexity index is 602. The summed E-state index contributed by atoms with van der Waals surface area (Å²) in [4.78, 5) is 0. The molecule has 0 aliphatic heterocycles. The smallest absolute Gasteiger partial charge is 0.127 e. The molecule has 2 aromatic rings. The molecule has 0 aliphatic rings. The highest BCUT2D eigenvalue weighted by Gasteiger charge is 2.20. The van der Waals surface area contributed by atoms with E-state index >= 15 is 0 Å². The minimum atomic E-state index is -0.248. The molecule has 112 valence electrons. The van der Waals surface area contributed by atoms with E-state index in [4.69, 9.17) is 20.1 Å². The van der Waals surface area contributed by atoms with Gasteiger partial charge in [0.25, 0.3) is 0 Å². The van der Waals surface area contributed by atoms with Gasteiger partial charge in [-0.1, -0.05) is 18.2 Å². The van der Waals surface area contributed by atoms with Gasteiger partial charge in [-0.05, 0) is 18.2 Å². The van der Waals surface area contributed by atoms with Crippen molar-refractivity contribution in [3.05, 3.63) is 53.6 Å². The number of benzene rings is 2. The molecule has 0 fully saturated rings. The third kappa shape index (κ3) is 3.09. The van der Waals surface area contributed by atoms with Gasteiger partial charge in [0.1, 0.15) is 17.2 Å². The van der Waals surface area contributed by atoms with Crippen LogP contribution in [0.2, 0.25) is 0 Å². The summed E-state index contributed by atoms with van der Waals surface area (Å²) in [6, 6.07) is 13.1. The number of hydrazine groups is 1. The fourth-order valence-corrected chi connectivity index (χ4v) is 2.31. The van der Waals surface area contributed by atoms with Gasteiger partial charge in [-0.3, -0.25) is 5.84 Å². The minimum Gasteiger partial charge on any atom is -0.497 e. The van der Waals surface area contributed by atoms with Gasteiger partial charge in [0.15, 0.2) is 0 Å². The van der Waals surface area contributed by atoms with Crippen LogP contribution in [0.3, 0.4) is 0 Å². The quantitative estimate of drug-likeness (QED) is 0.630. The first-order valence-corrected chi connectivity index (χ1v) is 6.56. The lowest BCUT2D eigenvalue weighted by molar-refractivity contribution is 0.384. The molecular weight excluding hydrogens is 268 g/mol. The standard InChI is InChI=1S/C16H20N2O3/c1-19-11-8-9-13(15(10-11)21-3)16(18-17)12-6-4-5-7-14(12)20-2/h4-10,16,18H,17H2,1-3H3. The molecule has 21 heavy (non-hydrogen) atoms. The highest BCUT2D eigenvalue weighted by atomic mass is 16.5. The van der Waals surface area contributed by atoms with Crippen LogP contribution in [0.5, 0.6) is 17.2 Å². The highest BCUT2D eigenvalue weighted by molar-refractivity contribution is 5.49. The van der Waals surface area contributed by atoms with E-state index in [2.05, 4.69) is 5.43 Å². The lowest BCUT2D eigenvalue weighted by Gasteiger charge is -2.22. The Morgan fingerprint density at radius 1 is 0.857 bits per heavy atom. The molecule has 0 radical (unpaired) electrons. The van der Waals surface area contributed by atoms with Gasteiger partial charge < -0.3 is 14.2 Å². The summed E-state index contributed by atoms with van der Waals surface area (Å²) in [7, 11) is 4.87. The zero-order valence-electron chi connectivity index (χ0n) is 12.4. The van der Waals surface area contributed by atoms with E-state index in [9.17, 15) is 0 Å². The summed E-state index contributed by atoms with van der Waals surface area (Å²) in [5.74, 6) is 7.95. The summed E-state index contributed by atoms with van der Waals surface area (Å²) >= 11 is 0. The molecule has 5 nitrogen and oxygen atoms in total. The van der Waals surface area contributed by atoms with Crippen LogP contribution < -0.4 is 25.5 Å². The average Bonchev–Trinajstić information content (AvgIpc) is 2.56. The number of para-hydroxylation sites is 1. The fraction of sp³-hybridized carbons (Fsp3) is 0.250. The normalized spacial score (nSPS) is 11.8. The van der Waals surface area contributed by atoms with Gasteiger partial charge in [0.05, 0.1) is 27.4 Å². The molecular formula is C16H20N2O3. The third-order valence-corrected chi connectivity index (χ3v) is 3.37. The lowest BCUT2D eigenvalue weighted by Crippen LogP contribution is -2.29. The number of nitrogens with one attached hydrogen (secondary N) is 1. The highest BCUT2D eigenvalue weighted by Crippen LogP contribution is 2.35. The Labute approximate surface area is 124 Å². The molecule has 0 amide bonds. The van der Waals surface area contributed by atoms with Gasteiger partial charge in [-0.2, -0.15) is 0 Å². The number of nitrogens with two attached hydrogens (primary N) is 1. The predicted molar refractivity (Wildman–Crippen MR) is 81.7 cm³/mol. The SMILES string of the molecule is COc1ccc(C(NN)c2ccccc2OC)c(OC)c1. The minimum absolute atomic E-state index is 0.248. The number of hydrogen-bond acceptors (Lipinski definition) is 5. The number of hydrogen-bond donors (Lipinski definition) is 2. The van der Waals surface area contributed by atoms with Crippen LogP contribution in [0.4, 0.5) is 0 Å². The van der Waals surface area contributed by atoms with Crippen LogP contribution >= 0.6 is 0 Å². The molecule has 2 aromatic carbocycles. The van der Waals surface area contributed by atoms with Gasteiger partial charge in [0, 0.05) is 17.2 Å². The van der Waals surface area contributed by atoms with Crippen molar-refractivity contribution in [1.29, 1.82) is 0 Å². The van der Waals surface area contributed by atoms with Crippen LogP contribution in [0, 0.1) is 0 Å². The van der Waals surface area contributed by atoms with Crippen molar-refractivity contribution in [2.45, 2.75) is 6.04 Å². The molecule has 2 rings (SSSR count). The number of rotatable bonds is 6. The van der Waals surface area contributed by atoms with Gasteiger partial charge >= 0.3 is 0 Å². The van der Waals surface area contributed by atoms with Crippen molar-refractivity contribution in [1.82, 2.24) is 5.43 Å². The second-order valence-electron chi connectivity index (χ2n) is 4.45. The molecule has 0 aliphatic carbocycles. The first kappa shape index (κ1) is 15.2. The van der Waals surface area contributed by atoms with E-state index in [0.29, 0.717) is 5.75 Å². The summed E-state index contributed by atoms with van der Waals surface area (Å²) in [5, 5.41) is 0. The number of ether oxygens (including phenoxy) is 3. The van der Waals surface area contributed by atoms with Crippen LogP contribution in [0.1, 0.15) is 17.2 Å². The zero-order valence-corrected chi connectivity index (χ0v) is 12.4. The van der Waals surface area contributed by atoms with Crippen molar-refractivity contribution >= 4 is 0 Å². The van der Waals surface area contributed by atoms with E-state index in [-0.39, 0.29) is 6.04 Å². The lowest BCUT2D eigenvalue weighted by atomic mass is 9.97. The van der Waals surface area contributed by atoms with Crippen molar-refractivity contribution in [2.24, 2.45) is 5.84 Å². The summed E-state index contributed by atoms with van der Waals surface area (Å²) in [5.41, 5.74) is 4.66. The molecule has 0 aromatic heterocycles. The monoisotopic (exact) mass is 288 g/mol. The first-order valence-electron chi connectivity index (χ1n) is 6.56.